The molecular formula is C27H40BN3O14S. The summed E-state index contributed by atoms with van der Waals surface area (Å²) in [5, 5.41) is 48.9. The Bertz CT molecular complexity index is 1370. The maximum atomic E-state index is 13.7. The average molecular weight is 674 g/mol. The molecule has 19 heteroatoms. The minimum atomic E-state index is -4.64. The van der Waals surface area contributed by atoms with E-state index in [2.05, 4.69) is 0 Å². The molecule has 0 saturated carbocycles. The number of nitrogens with zero attached hydrogens (tertiary/aromatic N) is 3. The molecule has 5 N–H and O–H groups in total. The van der Waals surface area contributed by atoms with E-state index in [4.69, 9.17) is 19.3 Å². The summed E-state index contributed by atoms with van der Waals surface area (Å²) in [5.41, 5.74) is -0.832. The van der Waals surface area contributed by atoms with E-state index in [1.54, 1.807) is 0 Å². The Balaban J connectivity index is 1.82. The van der Waals surface area contributed by atoms with Gasteiger partial charge < -0.3 is 44.6 Å². The van der Waals surface area contributed by atoms with Crippen molar-refractivity contribution in [2.75, 3.05) is 33.3 Å². The Kier molecular flexibility index (Phi) is 11.7. The lowest BCUT2D eigenvalue weighted by Gasteiger charge is -2.32. The zero-order chi connectivity index (χ0) is 34.8. The number of likely N-dealkylation sites (N-methyl/N-ethyl adjacent to an activating group) is 1. The number of aliphatic hydroxyl groups is 5. The van der Waals surface area contributed by atoms with Crippen LogP contribution in [-0.2, 0) is 43.3 Å². The van der Waals surface area contributed by atoms with Gasteiger partial charge in [0.25, 0.3) is 11.8 Å². The van der Waals surface area contributed by atoms with Crippen LogP contribution in [0.2, 0.25) is 0 Å². The quantitative estimate of drug-likeness (QED) is 0.0951. The zero-order valence-corrected chi connectivity index (χ0v) is 26.9. The molecular weight excluding hydrogens is 633 g/mol. The summed E-state index contributed by atoms with van der Waals surface area (Å²) in [5.74, 6) is -3.93. The van der Waals surface area contributed by atoms with Crippen molar-refractivity contribution in [3.05, 3.63) is 24.3 Å². The number of hydrogen-bond donors (Lipinski definition) is 5. The van der Waals surface area contributed by atoms with Gasteiger partial charge in [0.15, 0.2) is 0 Å². The van der Waals surface area contributed by atoms with Crippen LogP contribution in [0.4, 0.5) is 0 Å². The first-order chi connectivity index (χ1) is 21.2. The SMILES string of the molecule is CN(C[C@@H](O)[C@H](O)[C@@H](O)[C@@H](O)CO)C(=O)CN(CC(=O)ON1C(=O)CCC1=O)S(=O)(=O)c1ccc(B2OC(C)(C)C(C)(C)O2)cc1. The lowest BCUT2D eigenvalue weighted by molar-refractivity contribution is -0.197. The highest BCUT2D eigenvalue weighted by Gasteiger charge is 2.51. The van der Waals surface area contributed by atoms with Crippen LogP contribution in [0.3, 0.4) is 0 Å². The predicted octanol–water partition coefficient (Wildman–Crippen LogP) is -3.52. The Morgan fingerprint density at radius 2 is 1.43 bits per heavy atom. The number of amides is 3. The topological polar surface area (TPSA) is 241 Å². The summed E-state index contributed by atoms with van der Waals surface area (Å²) >= 11 is 0. The van der Waals surface area contributed by atoms with Gasteiger partial charge in [-0.25, -0.2) is 13.2 Å². The van der Waals surface area contributed by atoms with E-state index < -0.39 is 103 Å². The van der Waals surface area contributed by atoms with Crippen LogP contribution in [0.5, 0.6) is 0 Å². The lowest BCUT2D eigenvalue weighted by atomic mass is 9.79. The number of rotatable bonds is 14. The van der Waals surface area contributed by atoms with Gasteiger partial charge in [0.05, 0.1) is 29.2 Å². The van der Waals surface area contributed by atoms with Crippen LogP contribution in [0.25, 0.3) is 0 Å². The van der Waals surface area contributed by atoms with Gasteiger partial charge >= 0.3 is 13.1 Å². The van der Waals surface area contributed by atoms with E-state index in [9.17, 15) is 48.0 Å². The Morgan fingerprint density at radius 3 is 1.93 bits per heavy atom. The van der Waals surface area contributed by atoms with Crippen LogP contribution >= 0.6 is 0 Å². The average Bonchev–Trinajstić information content (AvgIpc) is 3.42. The van der Waals surface area contributed by atoms with E-state index >= 15 is 0 Å². The number of benzene rings is 1. The van der Waals surface area contributed by atoms with Gasteiger partial charge in [0.1, 0.15) is 31.0 Å². The summed E-state index contributed by atoms with van der Waals surface area (Å²) in [6, 6.07) is 5.29. The highest BCUT2D eigenvalue weighted by Crippen LogP contribution is 2.36. The van der Waals surface area contributed by atoms with Crippen LogP contribution in [-0.4, -0.2) is 148 Å². The second-order valence-corrected chi connectivity index (χ2v) is 14.0. The molecule has 2 saturated heterocycles. The van der Waals surface area contributed by atoms with Crippen molar-refractivity contribution in [1.82, 2.24) is 14.3 Å². The van der Waals surface area contributed by atoms with E-state index in [1.165, 1.54) is 24.3 Å². The maximum Gasteiger partial charge on any atom is 0.494 e. The molecule has 1 aromatic rings. The smallest absolute Gasteiger partial charge is 0.399 e. The van der Waals surface area contributed by atoms with E-state index in [1.807, 2.05) is 27.7 Å². The van der Waals surface area contributed by atoms with Crippen LogP contribution < -0.4 is 5.46 Å². The summed E-state index contributed by atoms with van der Waals surface area (Å²) < 4.78 is 39.9. The third kappa shape index (κ3) is 8.28. The molecule has 46 heavy (non-hydrogen) atoms. The molecule has 2 aliphatic heterocycles. The fourth-order valence-electron chi connectivity index (χ4n) is 4.41. The monoisotopic (exact) mass is 673 g/mol. The van der Waals surface area contributed by atoms with Crippen molar-refractivity contribution in [3.63, 3.8) is 0 Å². The molecule has 0 aromatic heterocycles. The van der Waals surface area contributed by atoms with Crippen molar-refractivity contribution >= 4 is 46.3 Å². The summed E-state index contributed by atoms with van der Waals surface area (Å²) in [4.78, 5) is 54.9. The minimum absolute atomic E-state index is 0.204. The second kappa shape index (κ2) is 14.4. The third-order valence-corrected chi connectivity index (χ3v) is 9.88. The van der Waals surface area contributed by atoms with Gasteiger partial charge in [0.2, 0.25) is 15.9 Å². The molecule has 17 nitrogen and oxygen atoms in total. The van der Waals surface area contributed by atoms with E-state index in [0.717, 1.165) is 11.9 Å². The Labute approximate surface area is 266 Å². The maximum absolute atomic E-state index is 13.7. The molecule has 0 aliphatic carbocycles. The van der Waals surface area contributed by atoms with Gasteiger partial charge in [-0.3, -0.25) is 14.4 Å². The summed E-state index contributed by atoms with van der Waals surface area (Å²) in [6.07, 6.45) is -8.00. The zero-order valence-electron chi connectivity index (χ0n) is 26.1. The third-order valence-electron chi connectivity index (χ3n) is 8.07. The first kappa shape index (κ1) is 37.5. The molecule has 0 radical (unpaired) electrons. The first-order valence-electron chi connectivity index (χ1n) is 14.3. The largest absolute Gasteiger partial charge is 0.494 e. The molecule has 0 unspecified atom stereocenters. The fourth-order valence-corrected chi connectivity index (χ4v) is 5.74. The number of carbonyl (C=O) groups excluding carboxylic acids is 4. The molecule has 3 amide bonds. The van der Waals surface area contributed by atoms with Crippen LogP contribution in [0, 0.1) is 0 Å². The number of hydrogen-bond acceptors (Lipinski definition) is 14. The number of sulfonamides is 1. The van der Waals surface area contributed by atoms with Gasteiger partial charge in [0, 0.05) is 26.4 Å². The highest BCUT2D eigenvalue weighted by molar-refractivity contribution is 7.89. The Morgan fingerprint density at radius 1 is 0.935 bits per heavy atom. The van der Waals surface area contributed by atoms with Gasteiger partial charge in [-0.2, -0.15) is 4.31 Å². The first-order valence-corrected chi connectivity index (χ1v) is 15.7. The van der Waals surface area contributed by atoms with Gasteiger partial charge in [-0.1, -0.05) is 12.1 Å². The normalized spacial score (nSPS) is 20.5. The number of hydroxylamine groups is 2. The van der Waals surface area contributed by atoms with E-state index in [0.29, 0.717) is 9.77 Å². The molecule has 2 fully saturated rings. The van der Waals surface area contributed by atoms with Crippen LogP contribution in [0.15, 0.2) is 29.2 Å². The van der Waals surface area contributed by atoms with Crippen molar-refractivity contribution < 1.29 is 67.3 Å². The lowest BCUT2D eigenvalue weighted by Crippen LogP contribution is -2.51. The minimum Gasteiger partial charge on any atom is -0.399 e. The molecule has 0 spiro atoms. The van der Waals surface area contributed by atoms with E-state index in [-0.39, 0.29) is 22.8 Å². The van der Waals surface area contributed by atoms with Crippen LogP contribution in [0.1, 0.15) is 40.5 Å². The van der Waals surface area contributed by atoms with Crippen molar-refractivity contribution in [2.45, 2.75) is 81.1 Å². The molecule has 0 bridgehead atoms. The predicted molar refractivity (Wildman–Crippen MR) is 157 cm³/mol. The van der Waals surface area contributed by atoms with Gasteiger partial charge in [-0.05, 0) is 45.3 Å². The number of imide groups is 1. The molecule has 2 aliphatic rings. The van der Waals surface area contributed by atoms with Crippen molar-refractivity contribution in [1.29, 1.82) is 0 Å². The number of aliphatic hydroxyl groups excluding tert-OH is 5. The molecule has 4 atom stereocenters. The number of carbonyl (C=O) groups is 4. The Hall–Kier alpha value is -3.01. The van der Waals surface area contributed by atoms with Crippen molar-refractivity contribution in [3.8, 4) is 0 Å². The molecule has 1 aromatic carbocycles. The van der Waals surface area contributed by atoms with Gasteiger partial charge in [-0.15, -0.1) is 5.06 Å². The molecule has 256 valence electrons. The highest BCUT2D eigenvalue weighted by atomic mass is 32.2. The molecule has 3 rings (SSSR count). The van der Waals surface area contributed by atoms with Crippen molar-refractivity contribution in [2.24, 2.45) is 0 Å². The fraction of sp³-hybridized carbons (Fsp3) is 0.630. The standard InChI is InChI=1S/C27H40BN3O14S/c1-26(2)27(3,4)45-28(44-26)16-6-8-17(9-7-16)46(41,42)30(14-23(38)43-31-20(35)10-11-21(31)36)13-22(37)29(5)12-18(33)24(39)25(40)19(34)15-32/h6-9,18-19,24-25,32-34,39-40H,10-15H2,1-5H3/t18-,19+,24+,25+/m1/s1. The molecule has 2 heterocycles. The second-order valence-electron chi connectivity index (χ2n) is 12.0. The summed E-state index contributed by atoms with van der Waals surface area (Å²) in [7, 11) is -4.31. The summed E-state index contributed by atoms with van der Waals surface area (Å²) in [6.45, 7) is 3.70.